The maximum Gasteiger partial charge on any atom is 0.246 e. The molecule has 1 aromatic carbocycles. The van der Waals surface area contributed by atoms with Gasteiger partial charge in [0, 0.05) is 25.8 Å². The number of benzene rings is 1. The average Bonchev–Trinajstić information content (AvgIpc) is 3.08. The standard InChI is InChI=1S/C19H25NO4/c1-2-10-20(13-16-5-3-4-11-22-16)19(21)9-7-15-6-8-17-18(12-15)24-14-23-17/h6-9,12,16H,2-5,10-11,13-14H2,1H3/b9-7+. The Kier molecular flexibility index (Phi) is 5.75. The minimum absolute atomic E-state index is 0.0312. The van der Waals surface area contributed by atoms with Gasteiger partial charge in [-0.1, -0.05) is 13.0 Å². The van der Waals surface area contributed by atoms with Crippen LogP contribution in [0.1, 0.15) is 38.2 Å². The molecule has 3 rings (SSSR count). The number of ether oxygens (including phenoxy) is 3. The first-order valence-electron chi connectivity index (χ1n) is 8.74. The molecule has 0 saturated carbocycles. The van der Waals surface area contributed by atoms with Gasteiger partial charge >= 0.3 is 0 Å². The van der Waals surface area contributed by atoms with Crippen molar-refractivity contribution in [2.75, 3.05) is 26.5 Å². The summed E-state index contributed by atoms with van der Waals surface area (Å²) in [5.41, 5.74) is 0.929. The Balaban J connectivity index is 1.61. The van der Waals surface area contributed by atoms with Crippen LogP contribution in [0, 0.1) is 0 Å². The van der Waals surface area contributed by atoms with Crippen LogP contribution in [0.2, 0.25) is 0 Å². The summed E-state index contributed by atoms with van der Waals surface area (Å²) in [6.07, 6.45) is 7.93. The van der Waals surface area contributed by atoms with E-state index in [1.165, 1.54) is 6.42 Å². The van der Waals surface area contributed by atoms with Crippen molar-refractivity contribution in [1.29, 1.82) is 0 Å². The zero-order valence-electron chi connectivity index (χ0n) is 14.2. The Bertz CT molecular complexity index is 593. The first-order chi connectivity index (χ1) is 11.8. The molecule has 1 saturated heterocycles. The Hall–Kier alpha value is -2.01. The highest BCUT2D eigenvalue weighted by Gasteiger charge is 2.20. The van der Waals surface area contributed by atoms with Crippen molar-refractivity contribution in [1.82, 2.24) is 4.90 Å². The Morgan fingerprint density at radius 1 is 1.29 bits per heavy atom. The SMILES string of the molecule is CCCN(CC1CCCCO1)C(=O)/C=C/c1ccc2c(c1)OCO2. The topological polar surface area (TPSA) is 48.0 Å². The van der Waals surface area contributed by atoms with Crippen molar-refractivity contribution < 1.29 is 19.0 Å². The second-order valence-electron chi connectivity index (χ2n) is 6.22. The van der Waals surface area contributed by atoms with Crippen molar-refractivity contribution in [2.45, 2.75) is 38.7 Å². The quantitative estimate of drug-likeness (QED) is 0.751. The maximum atomic E-state index is 12.5. The van der Waals surface area contributed by atoms with Gasteiger partial charge in [0.15, 0.2) is 11.5 Å². The Morgan fingerprint density at radius 3 is 2.96 bits per heavy atom. The van der Waals surface area contributed by atoms with Crippen molar-refractivity contribution >= 4 is 12.0 Å². The molecule has 2 aliphatic heterocycles. The third-order valence-corrected chi connectivity index (χ3v) is 4.32. The molecular weight excluding hydrogens is 306 g/mol. The minimum atomic E-state index is 0.0312. The summed E-state index contributed by atoms with van der Waals surface area (Å²) in [6.45, 7) is 4.59. The molecule has 1 amide bonds. The van der Waals surface area contributed by atoms with Crippen LogP contribution < -0.4 is 9.47 Å². The lowest BCUT2D eigenvalue weighted by Gasteiger charge is -2.29. The van der Waals surface area contributed by atoms with E-state index in [1.54, 1.807) is 6.08 Å². The van der Waals surface area contributed by atoms with Gasteiger partial charge in [-0.25, -0.2) is 0 Å². The normalized spacial score (nSPS) is 19.6. The average molecular weight is 331 g/mol. The molecular formula is C19H25NO4. The summed E-state index contributed by atoms with van der Waals surface area (Å²) < 4.78 is 16.4. The summed E-state index contributed by atoms with van der Waals surface area (Å²) in [6, 6.07) is 5.68. The number of nitrogens with zero attached hydrogens (tertiary/aromatic N) is 1. The van der Waals surface area contributed by atoms with E-state index in [-0.39, 0.29) is 18.8 Å². The van der Waals surface area contributed by atoms with E-state index in [2.05, 4.69) is 6.92 Å². The fourth-order valence-electron chi connectivity index (χ4n) is 3.05. The van der Waals surface area contributed by atoms with Crippen LogP contribution in [0.15, 0.2) is 24.3 Å². The molecule has 0 N–H and O–H groups in total. The van der Waals surface area contributed by atoms with E-state index in [9.17, 15) is 4.79 Å². The second kappa shape index (κ2) is 8.20. The monoisotopic (exact) mass is 331 g/mol. The molecule has 5 heteroatoms. The van der Waals surface area contributed by atoms with Crippen LogP contribution in [0.25, 0.3) is 6.08 Å². The van der Waals surface area contributed by atoms with Gasteiger partial charge in [-0.05, 0) is 49.5 Å². The van der Waals surface area contributed by atoms with Gasteiger partial charge in [-0.2, -0.15) is 0 Å². The van der Waals surface area contributed by atoms with Gasteiger partial charge in [0.1, 0.15) is 0 Å². The van der Waals surface area contributed by atoms with E-state index in [4.69, 9.17) is 14.2 Å². The van der Waals surface area contributed by atoms with Crippen LogP contribution in [0.5, 0.6) is 11.5 Å². The van der Waals surface area contributed by atoms with Crippen LogP contribution in [-0.2, 0) is 9.53 Å². The molecule has 130 valence electrons. The number of carbonyl (C=O) groups excluding carboxylic acids is 1. The van der Waals surface area contributed by atoms with Gasteiger partial charge in [0.2, 0.25) is 12.7 Å². The molecule has 1 aromatic rings. The van der Waals surface area contributed by atoms with E-state index in [1.807, 2.05) is 29.2 Å². The fraction of sp³-hybridized carbons (Fsp3) is 0.526. The van der Waals surface area contributed by atoms with Gasteiger partial charge in [0.25, 0.3) is 0 Å². The molecule has 1 fully saturated rings. The smallest absolute Gasteiger partial charge is 0.246 e. The lowest BCUT2D eigenvalue weighted by Crippen LogP contribution is -2.39. The van der Waals surface area contributed by atoms with Crippen molar-refractivity contribution in [2.24, 2.45) is 0 Å². The molecule has 2 aliphatic rings. The zero-order chi connectivity index (χ0) is 16.8. The molecule has 0 aliphatic carbocycles. The summed E-state index contributed by atoms with van der Waals surface area (Å²) in [7, 11) is 0. The number of hydrogen-bond donors (Lipinski definition) is 0. The molecule has 2 heterocycles. The second-order valence-corrected chi connectivity index (χ2v) is 6.22. The Morgan fingerprint density at radius 2 is 2.17 bits per heavy atom. The van der Waals surface area contributed by atoms with Crippen LogP contribution in [0.4, 0.5) is 0 Å². The molecule has 0 bridgehead atoms. The van der Waals surface area contributed by atoms with Crippen molar-refractivity contribution in [3.05, 3.63) is 29.8 Å². The predicted octanol–water partition coefficient (Wildman–Crippen LogP) is 3.24. The summed E-state index contributed by atoms with van der Waals surface area (Å²) in [4.78, 5) is 14.4. The lowest BCUT2D eigenvalue weighted by atomic mass is 10.1. The number of hydrogen-bond acceptors (Lipinski definition) is 4. The molecule has 1 atom stereocenters. The Labute approximate surface area is 143 Å². The first kappa shape index (κ1) is 16.8. The summed E-state index contributed by atoms with van der Waals surface area (Å²) in [5.74, 6) is 1.51. The van der Waals surface area contributed by atoms with E-state index in [0.717, 1.165) is 49.5 Å². The molecule has 1 unspecified atom stereocenters. The molecule has 24 heavy (non-hydrogen) atoms. The van der Waals surface area contributed by atoms with E-state index >= 15 is 0 Å². The molecule has 0 aromatic heterocycles. The number of fused-ring (bicyclic) bond motifs is 1. The first-order valence-corrected chi connectivity index (χ1v) is 8.74. The van der Waals surface area contributed by atoms with E-state index < -0.39 is 0 Å². The van der Waals surface area contributed by atoms with Crippen molar-refractivity contribution in [3.8, 4) is 11.5 Å². The molecule has 0 radical (unpaired) electrons. The number of amides is 1. The summed E-state index contributed by atoms with van der Waals surface area (Å²) >= 11 is 0. The third kappa shape index (κ3) is 4.29. The highest BCUT2D eigenvalue weighted by Crippen LogP contribution is 2.32. The van der Waals surface area contributed by atoms with Crippen LogP contribution >= 0.6 is 0 Å². The van der Waals surface area contributed by atoms with Gasteiger partial charge < -0.3 is 19.1 Å². The fourth-order valence-corrected chi connectivity index (χ4v) is 3.05. The largest absolute Gasteiger partial charge is 0.454 e. The highest BCUT2D eigenvalue weighted by atomic mass is 16.7. The van der Waals surface area contributed by atoms with Gasteiger partial charge in [-0.3, -0.25) is 4.79 Å². The van der Waals surface area contributed by atoms with Gasteiger partial charge in [0.05, 0.1) is 6.10 Å². The zero-order valence-corrected chi connectivity index (χ0v) is 14.2. The summed E-state index contributed by atoms with van der Waals surface area (Å²) in [5, 5.41) is 0. The van der Waals surface area contributed by atoms with Gasteiger partial charge in [-0.15, -0.1) is 0 Å². The maximum absolute atomic E-state index is 12.5. The number of rotatable bonds is 6. The highest BCUT2D eigenvalue weighted by molar-refractivity contribution is 5.91. The van der Waals surface area contributed by atoms with E-state index in [0.29, 0.717) is 6.54 Å². The molecule has 5 nitrogen and oxygen atoms in total. The van der Waals surface area contributed by atoms with Crippen LogP contribution in [0.3, 0.4) is 0 Å². The third-order valence-electron chi connectivity index (χ3n) is 4.32. The van der Waals surface area contributed by atoms with Crippen molar-refractivity contribution in [3.63, 3.8) is 0 Å². The van der Waals surface area contributed by atoms with Crippen LogP contribution in [-0.4, -0.2) is 43.4 Å². The predicted molar refractivity (Wildman–Crippen MR) is 92.1 cm³/mol. The number of carbonyl (C=O) groups is 1. The lowest BCUT2D eigenvalue weighted by molar-refractivity contribution is -0.128. The molecule has 0 spiro atoms. The minimum Gasteiger partial charge on any atom is -0.454 e.